The Morgan fingerprint density at radius 1 is 1.27 bits per heavy atom. The largest absolute Gasteiger partial charge is 0.489 e. The molecule has 0 amide bonds. The Morgan fingerprint density at radius 2 is 2.07 bits per heavy atom. The highest BCUT2D eigenvalue weighted by Gasteiger charge is 2.16. The Hall–Kier alpha value is -1.72. The fraction of sp³-hybridized carbons (Fsp3) is 0. The average Bonchev–Trinajstić information content (AvgIpc) is 2.27. The molecule has 1 heterocycles. The number of pyridine rings is 1. The van der Waals surface area contributed by atoms with Gasteiger partial charge in [-0.3, -0.25) is 9.78 Å². The fourth-order valence-corrected chi connectivity index (χ4v) is 1.54. The molecule has 2 N–H and O–H groups in total. The van der Waals surface area contributed by atoms with Gasteiger partial charge >= 0.3 is 7.12 Å². The Balaban J connectivity index is 2.83. The Bertz CT molecular complexity index is 513. The first kappa shape index (κ1) is 9.83. The second-order valence-corrected chi connectivity index (χ2v) is 3.14. The van der Waals surface area contributed by atoms with E-state index in [-0.39, 0.29) is 0 Å². The minimum absolute atomic E-state index is 0.351. The molecule has 0 spiro atoms. The van der Waals surface area contributed by atoms with Gasteiger partial charge in [0.1, 0.15) is 0 Å². The number of carbonyl (C=O) groups is 1. The van der Waals surface area contributed by atoms with Crippen LogP contribution in [0.5, 0.6) is 0 Å². The summed E-state index contributed by atoms with van der Waals surface area (Å²) in [5, 5.41) is 18.8. The van der Waals surface area contributed by atoms with E-state index in [2.05, 4.69) is 4.98 Å². The van der Waals surface area contributed by atoms with Crippen LogP contribution in [-0.2, 0) is 0 Å². The van der Waals surface area contributed by atoms with Crippen molar-refractivity contribution in [3.05, 3.63) is 36.0 Å². The van der Waals surface area contributed by atoms with Crippen LogP contribution in [0.1, 0.15) is 10.4 Å². The maximum atomic E-state index is 10.7. The molecule has 15 heavy (non-hydrogen) atoms. The number of benzene rings is 1. The molecule has 0 fully saturated rings. The van der Waals surface area contributed by atoms with Crippen LogP contribution in [-0.4, -0.2) is 28.4 Å². The van der Waals surface area contributed by atoms with E-state index in [4.69, 9.17) is 10.0 Å². The summed E-state index contributed by atoms with van der Waals surface area (Å²) in [5.74, 6) is 0. The fourth-order valence-electron chi connectivity index (χ4n) is 1.54. The monoisotopic (exact) mass is 201 g/mol. The number of nitrogens with zero attached hydrogens (tertiary/aromatic N) is 1. The lowest BCUT2D eigenvalue weighted by atomic mass is 9.77. The summed E-state index contributed by atoms with van der Waals surface area (Å²) in [6.07, 6.45) is 2.26. The highest BCUT2D eigenvalue weighted by molar-refractivity contribution is 6.62. The van der Waals surface area contributed by atoms with Crippen LogP contribution in [0.25, 0.3) is 10.9 Å². The first-order valence-corrected chi connectivity index (χ1v) is 4.43. The van der Waals surface area contributed by atoms with Crippen LogP contribution < -0.4 is 5.46 Å². The first-order valence-electron chi connectivity index (χ1n) is 4.43. The van der Waals surface area contributed by atoms with Crippen molar-refractivity contribution in [3.8, 4) is 0 Å². The Labute approximate surface area is 86.3 Å². The third-order valence-electron chi connectivity index (χ3n) is 2.24. The normalized spacial score (nSPS) is 10.3. The summed E-state index contributed by atoms with van der Waals surface area (Å²) in [6, 6.07) is 6.42. The van der Waals surface area contributed by atoms with Crippen LogP contribution in [0.4, 0.5) is 0 Å². The summed E-state index contributed by atoms with van der Waals surface area (Å²) in [4.78, 5) is 14.8. The quantitative estimate of drug-likeness (QED) is 0.518. The molecule has 0 unspecified atom stereocenters. The summed E-state index contributed by atoms with van der Waals surface area (Å²) in [6.45, 7) is 0. The van der Waals surface area contributed by atoms with E-state index in [9.17, 15) is 4.79 Å². The second-order valence-electron chi connectivity index (χ2n) is 3.14. The van der Waals surface area contributed by atoms with E-state index in [0.29, 0.717) is 28.2 Å². The molecule has 2 rings (SSSR count). The summed E-state index contributed by atoms with van der Waals surface area (Å²) < 4.78 is 0. The molecule has 74 valence electrons. The van der Waals surface area contributed by atoms with Crippen LogP contribution in [0.15, 0.2) is 30.5 Å². The molecule has 0 saturated carbocycles. The molecular weight excluding hydrogens is 193 g/mol. The minimum atomic E-state index is -1.56. The van der Waals surface area contributed by atoms with Gasteiger partial charge in [0.2, 0.25) is 0 Å². The minimum Gasteiger partial charge on any atom is -0.423 e. The lowest BCUT2D eigenvalue weighted by Crippen LogP contribution is -2.30. The molecule has 0 aliphatic heterocycles. The predicted octanol–water partition coefficient (Wildman–Crippen LogP) is -0.273. The van der Waals surface area contributed by atoms with Crippen molar-refractivity contribution in [2.45, 2.75) is 0 Å². The molecule has 5 heteroatoms. The summed E-state index contributed by atoms with van der Waals surface area (Å²) in [5.41, 5.74) is 1.27. The van der Waals surface area contributed by atoms with E-state index in [1.165, 1.54) is 12.1 Å². The van der Waals surface area contributed by atoms with Crippen molar-refractivity contribution in [3.63, 3.8) is 0 Å². The van der Waals surface area contributed by atoms with E-state index >= 15 is 0 Å². The van der Waals surface area contributed by atoms with Crippen LogP contribution in [0.2, 0.25) is 0 Å². The first-order chi connectivity index (χ1) is 7.24. The Morgan fingerprint density at radius 3 is 2.73 bits per heavy atom. The van der Waals surface area contributed by atoms with Crippen molar-refractivity contribution in [2.75, 3.05) is 0 Å². The van der Waals surface area contributed by atoms with Crippen molar-refractivity contribution < 1.29 is 14.8 Å². The number of hydrogen-bond donors (Lipinski definition) is 2. The molecule has 0 saturated heterocycles. The SMILES string of the molecule is O=Cc1ccc(B(O)O)c2cccnc12. The van der Waals surface area contributed by atoms with Crippen molar-refractivity contribution in [1.82, 2.24) is 4.98 Å². The van der Waals surface area contributed by atoms with Gasteiger partial charge in [-0.1, -0.05) is 12.1 Å². The highest BCUT2D eigenvalue weighted by atomic mass is 16.4. The zero-order chi connectivity index (χ0) is 10.8. The molecule has 4 nitrogen and oxygen atoms in total. The van der Waals surface area contributed by atoms with Crippen molar-refractivity contribution in [1.29, 1.82) is 0 Å². The summed E-state index contributed by atoms with van der Waals surface area (Å²) >= 11 is 0. The predicted molar refractivity (Wildman–Crippen MR) is 57.0 cm³/mol. The van der Waals surface area contributed by atoms with E-state index in [1.54, 1.807) is 18.3 Å². The lowest BCUT2D eigenvalue weighted by molar-refractivity contribution is 0.112. The van der Waals surface area contributed by atoms with Gasteiger partial charge < -0.3 is 10.0 Å². The standard InChI is InChI=1S/C10H8BNO3/c13-6-7-3-4-9(11(14)15)8-2-1-5-12-10(7)8/h1-6,14-15H. The van der Waals surface area contributed by atoms with Gasteiger partial charge in [-0.15, -0.1) is 0 Å². The zero-order valence-corrected chi connectivity index (χ0v) is 7.79. The summed E-state index contributed by atoms with van der Waals surface area (Å²) in [7, 11) is -1.56. The maximum absolute atomic E-state index is 10.7. The highest BCUT2D eigenvalue weighted by Crippen LogP contribution is 2.12. The molecule has 1 aromatic heterocycles. The van der Waals surface area contributed by atoms with Gasteiger partial charge in [0.25, 0.3) is 0 Å². The topological polar surface area (TPSA) is 70.4 Å². The number of aromatic nitrogens is 1. The maximum Gasteiger partial charge on any atom is 0.489 e. The lowest BCUT2D eigenvalue weighted by Gasteiger charge is -2.05. The molecule has 0 radical (unpaired) electrons. The van der Waals surface area contributed by atoms with Gasteiger partial charge in [0.05, 0.1) is 5.52 Å². The van der Waals surface area contributed by atoms with E-state index in [1.807, 2.05) is 0 Å². The van der Waals surface area contributed by atoms with Crippen LogP contribution in [0, 0.1) is 0 Å². The number of aldehydes is 1. The Kier molecular flexibility index (Phi) is 2.49. The van der Waals surface area contributed by atoms with Crippen molar-refractivity contribution >= 4 is 29.8 Å². The van der Waals surface area contributed by atoms with Gasteiger partial charge in [0, 0.05) is 17.1 Å². The molecular formula is C10H8BNO3. The van der Waals surface area contributed by atoms with E-state index < -0.39 is 7.12 Å². The number of hydrogen-bond acceptors (Lipinski definition) is 4. The molecule has 0 bridgehead atoms. The van der Waals surface area contributed by atoms with Gasteiger partial charge in [-0.2, -0.15) is 0 Å². The van der Waals surface area contributed by atoms with Crippen LogP contribution >= 0.6 is 0 Å². The smallest absolute Gasteiger partial charge is 0.423 e. The number of carbonyl (C=O) groups excluding carboxylic acids is 1. The molecule has 0 aliphatic rings. The third-order valence-corrected chi connectivity index (χ3v) is 2.24. The second kappa shape index (κ2) is 3.80. The third kappa shape index (κ3) is 1.62. The number of fused-ring (bicyclic) bond motifs is 1. The molecule has 1 aromatic carbocycles. The average molecular weight is 201 g/mol. The van der Waals surface area contributed by atoms with Crippen molar-refractivity contribution in [2.24, 2.45) is 0 Å². The molecule has 0 atom stereocenters. The van der Waals surface area contributed by atoms with E-state index in [0.717, 1.165) is 0 Å². The molecule has 2 aromatic rings. The van der Waals surface area contributed by atoms with Gasteiger partial charge in [-0.05, 0) is 17.6 Å². The zero-order valence-electron chi connectivity index (χ0n) is 7.79. The number of rotatable bonds is 2. The van der Waals surface area contributed by atoms with Gasteiger partial charge in [0.15, 0.2) is 6.29 Å². The molecule has 0 aliphatic carbocycles. The van der Waals surface area contributed by atoms with Gasteiger partial charge in [-0.25, -0.2) is 0 Å². The van der Waals surface area contributed by atoms with Crippen LogP contribution in [0.3, 0.4) is 0 Å².